The third-order valence-corrected chi connectivity index (χ3v) is 13.0. The van der Waals surface area contributed by atoms with Crippen LogP contribution in [0.15, 0.2) is 40.0 Å². The van der Waals surface area contributed by atoms with E-state index < -0.39 is 23.2 Å². The summed E-state index contributed by atoms with van der Waals surface area (Å²) in [7, 11) is 0. The van der Waals surface area contributed by atoms with Crippen LogP contribution in [0.1, 0.15) is 95.9 Å². The van der Waals surface area contributed by atoms with Crippen LogP contribution >= 0.6 is 0 Å². The summed E-state index contributed by atoms with van der Waals surface area (Å²) in [6.45, 7) is 28.1. The zero-order valence-electron chi connectivity index (χ0n) is 18.9. The van der Waals surface area contributed by atoms with Gasteiger partial charge in [-0.2, -0.15) is 0 Å². The molecule has 0 aromatic heterocycles. The normalized spacial score (nSPS) is 21.9. The first-order chi connectivity index (χ1) is 11.3. The van der Waals surface area contributed by atoms with Gasteiger partial charge in [0.1, 0.15) is 0 Å². The molecule has 0 fully saturated rings. The van der Waals surface area contributed by atoms with Crippen LogP contribution in [-0.4, -0.2) is 0 Å². The summed E-state index contributed by atoms with van der Waals surface area (Å²) in [6, 6.07) is 0. The zero-order chi connectivity index (χ0) is 19.7. The molecule has 0 bridgehead atoms. The van der Waals surface area contributed by atoms with Crippen molar-refractivity contribution >= 4 is 0 Å². The minimum Gasteiger partial charge on any atom is -0.0654 e. The zero-order valence-corrected chi connectivity index (χ0v) is 21.4. The summed E-state index contributed by atoms with van der Waals surface area (Å²) in [5.41, 5.74) is 10.0. The predicted octanol–water partition coefficient (Wildman–Crippen LogP) is 8.18. The molecule has 0 nitrogen and oxygen atoms in total. The van der Waals surface area contributed by atoms with Crippen molar-refractivity contribution in [2.75, 3.05) is 0 Å². The number of unbranched alkanes of at least 4 members (excludes halogenated alkanes) is 1. The first-order valence-corrected chi connectivity index (χ1v) is 12.4. The molecule has 2 aliphatic rings. The van der Waals surface area contributed by atoms with E-state index >= 15 is 0 Å². The molecule has 0 unspecified atom stereocenters. The van der Waals surface area contributed by atoms with Crippen LogP contribution in [-0.2, 0) is 23.2 Å². The fraction of sp³-hybridized carbons (Fsp3) is 0.667. The summed E-state index contributed by atoms with van der Waals surface area (Å²) in [5.74, 6) is 0. The van der Waals surface area contributed by atoms with Gasteiger partial charge in [0.2, 0.25) is 0 Å². The van der Waals surface area contributed by atoms with E-state index in [0.29, 0.717) is 0 Å². The molecule has 0 amide bonds. The maximum absolute atomic E-state index is 2.43. The van der Waals surface area contributed by atoms with Crippen molar-refractivity contribution in [2.24, 2.45) is 10.8 Å². The fourth-order valence-electron chi connectivity index (χ4n) is 3.81. The molecule has 0 N–H and O–H groups in total. The average molecular weight is 420 g/mol. The van der Waals surface area contributed by atoms with Gasteiger partial charge in [-0.25, -0.2) is 0 Å². The summed E-state index contributed by atoms with van der Waals surface area (Å²) in [6.07, 6.45) is 2.64. The Morgan fingerprint density at radius 3 is 1.00 bits per heavy atom. The van der Waals surface area contributed by atoms with Gasteiger partial charge in [-0.1, -0.05) is 26.7 Å². The second-order valence-electron chi connectivity index (χ2n) is 8.88. The Morgan fingerprint density at radius 1 is 0.560 bits per heavy atom. The minimum atomic E-state index is -0.730. The molecule has 140 valence electrons. The van der Waals surface area contributed by atoms with E-state index in [0.717, 1.165) is 0 Å². The van der Waals surface area contributed by atoms with E-state index in [4.69, 9.17) is 0 Å². The first kappa shape index (κ1) is 22.9. The van der Waals surface area contributed by atoms with Gasteiger partial charge in [-0.05, 0) is 0 Å². The molecule has 0 aromatic rings. The molecule has 0 spiro atoms. The number of hydrogen-bond acceptors (Lipinski definition) is 0. The molecule has 25 heavy (non-hydrogen) atoms. The minimum absolute atomic E-state index is 0.286. The van der Waals surface area contributed by atoms with E-state index in [1.807, 2.05) is 0 Å². The van der Waals surface area contributed by atoms with Crippen LogP contribution in [0, 0.1) is 10.8 Å². The Labute approximate surface area is 169 Å². The van der Waals surface area contributed by atoms with Crippen molar-refractivity contribution in [1.29, 1.82) is 0 Å². The van der Waals surface area contributed by atoms with E-state index in [-0.39, 0.29) is 10.8 Å². The second-order valence-corrected chi connectivity index (χ2v) is 11.9. The van der Waals surface area contributed by atoms with Gasteiger partial charge in [-0.15, -0.1) is 0 Å². The Hall–Kier alpha value is -0.157. The molecule has 0 atom stereocenters. The SMILES string of the molecule is CC1=C(C)C(C)(C)[C]([Zr][C]2=C(C)C(C)=C(C)C2(C)C)=C1C.CCCC. The van der Waals surface area contributed by atoms with E-state index in [1.54, 1.807) is 40.0 Å². The van der Waals surface area contributed by atoms with Crippen molar-refractivity contribution in [3.8, 4) is 0 Å². The monoisotopic (exact) mass is 418 g/mol. The van der Waals surface area contributed by atoms with Crippen LogP contribution in [0.5, 0.6) is 0 Å². The molecule has 1 heteroatoms. The molecule has 0 aromatic carbocycles. The van der Waals surface area contributed by atoms with Crippen molar-refractivity contribution in [3.05, 3.63) is 40.0 Å². The number of hydrogen-bond donors (Lipinski definition) is 0. The molecule has 0 saturated heterocycles. The molecule has 0 aliphatic heterocycles. The Bertz CT molecular complexity index is 602. The van der Waals surface area contributed by atoms with Gasteiger partial charge < -0.3 is 0 Å². The first-order valence-electron chi connectivity index (χ1n) is 9.91. The van der Waals surface area contributed by atoms with Crippen LogP contribution in [0.3, 0.4) is 0 Å². The van der Waals surface area contributed by atoms with Gasteiger partial charge in [0.15, 0.2) is 0 Å². The van der Waals surface area contributed by atoms with Crippen molar-refractivity contribution in [1.82, 2.24) is 0 Å². The van der Waals surface area contributed by atoms with Gasteiger partial charge in [-0.3, -0.25) is 0 Å². The maximum Gasteiger partial charge on any atom is -0.0564 e. The molecule has 0 radical (unpaired) electrons. The summed E-state index contributed by atoms with van der Waals surface area (Å²) in [4.78, 5) is 0. The largest absolute Gasteiger partial charge is 0.0654 e. The molecular weight excluding hydrogens is 379 g/mol. The maximum atomic E-state index is 2.43. The van der Waals surface area contributed by atoms with E-state index in [9.17, 15) is 0 Å². The van der Waals surface area contributed by atoms with Crippen molar-refractivity contribution < 1.29 is 23.2 Å². The van der Waals surface area contributed by atoms with Crippen molar-refractivity contribution in [3.63, 3.8) is 0 Å². The molecule has 2 aliphatic carbocycles. The Kier molecular flexibility index (Phi) is 7.55. The van der Waals surface area contributed by atoms with Gasteiger partial charge in [0, 0.05) is 0 Å². The molecule has 0 heterocycles. The molecule has 2 rings (SSSR count). The predicted molar refractivity (Wildman–Crippen MR) is 110 cm³/mol. The fourth-order valence-corrected chi connectivity index (χ4v) is 8.73. The van der Waals surface area contributed by atoms with Gasteiger partial charge in [0.25, 0.3) is 0 Å². The van der Waals surface area contributed by atoms with Crippen LogP contribution in [0.4, 0.5) is 0 Å². The third-order valence-electron chi connectivity index (χ3n) is 6.88. The summed E-state index contributed by atoms with van der Waals surface area (Å²) in [5, 5.41) is 0. The molecular formula is C24H40Zr. The molecule has 0 saturated carbocycles. The van der Waals surface area contributed by atoms with Crippen LogP contribution in [0.25, 0.3) is 0 Å². The van der Waals surface area contributed by atoms with Gasteiger partial charge in [0.05, 0.1) is 0 Å². The third kappa shape index (κ3) is 4.07. The standard InChI is InChI=1S/2C10H15.C4H10.Zr/c2*1-7-6-10(4,5)9(3)8(7)2;1-3-4-2;/h2*1-5H3;3-4H2,1-2H3;. The second kappa shape index (κ2) is 8.25. The smallest absolute Gasteiger partial charge is 0.0564 e. The average Bonchev–Trinajstić information content (AvgIpc) is 2.79. The van der Waals surface area contributed by atoms with Crippen molar-refractivity contribution in [2.45, 2.75) is 95.9 Å². The van der Waals surface area contributed by atoms with Gasteiger partial charge >= 0.3 is 143 Å². The quantitative estimate of drug-likeness (QED) is 0.432. The van der Waals surface area contributed by atoms with Crippen LogP contribution < -0.4 is 0 Å². The topological polar surface area (TPSA) is 0 Å². The number of rotatable bonds is 3. The van der Waals surface area contributed by atoms with E-state index in [1.165, 1.54) is 12.8 Å². The summed E-state index contributed by atoms with van der Waals surface area (Å²) < 4.78 is 3.59. The Balaban J connectivity index is 0.000000705. The van der Waals surface area contributed by atoms with Crippen LogP contribution in [0.2, 0.25) is 0 Å². The Morgan fingerprint density at radius 2 is 0.840 bits per heavy atom. The number of allylic oxidation sites excluding steroid dienone is 8. The van der Waals surface area contributed by atoms with E-state index in [2.05, 4.69) is 83.1 Å². The summed E-state index contributed by atoms with van der Waals surface area (Å²) >= 11 is -0.730.